The normalized spacial score (nSPS) is 13.0. The van der Waals surface area contributed by atoms with E-state index in [0.717, 1.165) is 46.6 Å². The van der Waals surface area contributed by atoms with Crippen LogP contribution in [0.15, 0.2) is 48.7 Å². The molecule has 5 rings (SSSR count). The van der Waals surface area contributed by atoms with E-state index >= 15 is 0 Å². The van der Waals surface area contributed by atoms with Crippen LogP contribution in [0.25, 0.3) is 11.1 Å². The number of amides is 2. The van der Waals surface area contributed by atoms with Gasteiger partial charge in [0.05, 0.1) is 23.0 Å². The van der Waals surface area contributed by atoms with Gasteiger partial charge in [0, 0.05) is 69.9 Å². The molecule has 236 valence electrons. The second-order valence-corrected chi connectivity index (χ2v) is 11.4. The van der Waals surface area contributed by atoms with Gasteiger partial charge in [0.2, 0.25) is 0 Å². The topological polar surface area (TPSA) is 113 Å². The molecule has 4 aromatic rings. The van der Waals surface area contributed by atoms with Crippen molar-refractivity contribution in [2.45, 2.75) is 33.0 Å². The molecule has 1 aliphatic rings. The van der Waals surface area contributed by atoms with E-state index in [4.69, 9.17) is 16.3 Å². The van der Waals surface area contributed by atoms with Crippen molar-refractivity contribution in [3.8, 4) is 11.1 Å². The molecule has 2 aromatic carbocycles. The van der Waals surface area contributed by atoms with Crippen LogP contribution in [0.2, 0.25) is 5.02 Å². The molecule has 0 fully saturated rings. The first kappa shape index (κ1) is 32.2. The van der Waals surface area contributed by atoms with Gasteiger partial charge in [-0.25, -0.2) is 9.37 Å². The highest BCUT2D eigenvalue weighted by Gasteiger charge is 2.25. The molecule has 0 radical (unpaired) electrons. The quantitative estimate of drug-likeness (QED) is 0.196. The van der Waals surface area contributed by atoms with Crippen LogP contribution < -0.4 is 16.0 Å². The first-order chi connectivity index (χ1) is 21.7. The molecule has 0 aliphatic carbocycles. The summed E-state index contributed by atoms with van der Waals surface area (Å²) in [5.41, 5.74) is 7.18. The molecule has 0 saturated carbocycles. The van der Waals surface area contributed by atoms with Gasteiger partial charge in [-0.2, -0.15) is 0 Å². The van der Waals surface area contributed by atoms with Crippen molar-refractivity contribution in [1.82, 2.24) is 24.8 Å². The number of nitrogens with one attached hydrogen (secondary N) is 3. The third kappa shape index (κ3) is 7.07. The van der Waals surface area contributed by atoms with Gasteiger partial charge in [-0.15, -0.1) is 0 Å². The standard InChI is InChI=1S/C33H37ClFN7O3/c1-20-23(7-5-9-25(20)39-32(43)27-15-21(19-45-4)22(17-37-27)16-36-13-12-35)24-8-6-10-26(30(24)34)40-33(44)31-38-28-18-41(2)14-11-29(28)42(31)3/h5-10,15,17,36H,11-14,16,18-19H2,1-4H3,(H,39,43)(H,40,44). The Bertz CT molecular complexity index is 1720. The van der Waals surface area contributed by atoms with Gasteiger partial charge in [-0.3, -0.25) is 14.6 Å². The minimum atomic E-state index is -0.471. The predicted octanol–water partition coefficient (Wildman–Crippen LogP) is 5.14. The summed E-state index contributed by atoms with van der Waals surface area (Å²) < 4.78 is 19.7. The highest BCUT2D eigenvalue weighted by atomic mass is 35.5. The number of anilines is 2. The summed E-state index contributed by atoms with van der Waals surface area (Å²) in [7, 11) is 5.47. The maximum absolute atomic E-state index is 13.3. The summed E-state index contributed by atoms with van der Waals surface area (Å²) in [5.74, 6) is -0.383. The lowest BCUT2D eigenvalue weighted by molar-refractivity contribution is 0.100. The Morgan fingerprint density at radius 3 is 2.53 bits per heavy atom. The predicted molar refractivity (Wildman–Crippen MR) is 173 cm³/mol. The number of pyridine rings is 1. The van der Waals surface area contributed by atoms with Crippen LogP contribution in [0.4, 0.5) is 15.8 Å². The van der Waals surface area contributed by atoms with Gasteiger partial charge in [-0.1, -0.05) is 35.9 Å². The van der Waals surface area contributed by atoms with Crippen LogP contribution in [0.1, 0.15) is 49.2 Å². The highest BCUT2D eigenvalue weighted by Crippen LogP contribution is 2.37. The number of carbonyl (C=O) groups is 2. The maximum atomic E-state index is 13.3. The summed E-state index contributed by atoms with van der Waals surface area (Å²) in [6, 6.07) is 12.7. The Kier molecular flexibility index (Phi) is 10.2. The van der Waals surface area contributed by atoms with Crippen LogP contribution in [-0.2, 0) is 37.9 Å². The number of methoxy groups -OCH3 is 1. The molecule has 10 nitrogen and oxygen atoms in total. The number of likely N-dealkylation sites (N-methyl/N-ethyl adjacent to an activating group) is 1. The van der Waals surface area contributed by atoms with Crippen molar-refractivity contribution >= 4 is 34.8 Å². The smallest absolute Gasteiger partial charge is 0.291 e. The fraction of sp³-hybridized carbons (Fsp3) is 0.333. The van der Waals surface area contributed by atoms with E-state index in [9.17, 15) is 14.0 Å². The van der Waals surface area contributed by atoms with Gasteiger partial charge >= 0.3 is 0 Å². The molecule has 0 spiro atoms. The number of carbonyl (C=O) groups excluding carboxylic acids is 2. The summed E-state index contributed by atoms with van der Waals surface area (Å²) in [6.45, 7) is 3.97. The Morgan fingerprint density at radius 1 is 1.04 bits per heavy atom. The molecule has 0 saturated heterocycles. The molecular formula is C33H37ClFN7O3. The van der Waals surface area contributed by atoms with Crippen LogP contribution in [-0.4, -0.2) is 65.2 Å². The number of ether oxygens (including phenoxy) is 1. The van der Waals surface area contributed by atoms with Crippen molar-refractivity contribution in [1.29, 1.82) is 0 Å². The average Bonchev–Trinajstić information content (AvgIpc) is 3.35. The molecule has 2 amide bonds. The molecule has 0 bridgehead atoms. The number of hydrogen-bond donors (Lipinski definition) is 3. The van der Waals surface area contributed by atoms with Crippen molar-refractivity contribution in [2.24, 2.45) is 7.05 Å². The number of imidazole rings is 1. The third-order valence-electron chi connectivity index (χ3n) is 7.97. The molecule has 2 aromatic heterocycles. The summed E-state index contributed by atoms with van der Waals surface area (Å²) in [5, 5.41) is 9.28. The first-order valence-electron chi connectivity index (χ1n) is 14.7. The van der Waals surface area contributed by atoms with Gasteiger partial charge < -0.3 is 30.2 Å². The highest BCUT2D eigenvalue weighted by molar-refractivity contribution is 6.36. The molecule has 12 heteroatoms. The van der Waals surface area contributed by atoms with Crippen molar-refractivity contribution in [2.75, 3.05) is 44.6 Å². The van der Waals surface area contributed by atoms with Crippen molar-refractivity contribution in [3.63, 3.8) is 0 Å². The number of aromatic nitrogens is 3. The molecule has 3 N–H and O–H groups in total. The monoisotopic (exact) mass is 633 g/mol. The van der Waals surface area contributed by atoms with Crippen molar-refractivity contribution < 1.29 is 18.7 Å². The molecule has 3 heterocycles. The zero-order valence-electron chi connectivity index (χ0n) is 25.8. The van der Waals surface area contributed by atoms with Crippen LogP contribution in [0, 0.1) is 6.92 Å². The first-order valence-corrected chi connectivity index (χ1v) is 15.1. The lowest BCUT2D eigenvalue weighted by atomic mass is 9.98. The third-order valence-corrected chi connectivity index (χ3v) is 8.38. The fourth-order valence-corrected chi connectivity index (χ4v) is 5.79. The van der Waals surface area contributed by atoms with Gasteiger partial charge in [0.25, 0.3) is 11.8 Å². The largest absolute Gasteiger partial charge is 0.380 e. The van der Waals surface area contributed by atoms with E-state index in [0.29, 0.717) is 40.9 Å². The Balaban J connectivity index is 1.36. The lowest BCUT2D eigenvalue weighted by Gasteiger charge is -2.21. The van der Waals surface area contributed by atoms with Crippen LogP contribution in [0.3, 0.4) is 0 Å². The number of hydrogen-bond acceptors (Lipinski definition) is 7. The zero-order chi connectivity index (χ0) is 32.1. The van der Waals surface area contributed by atoms with Crippen molar-refractivity contribution in [3.05, 3.63) is 93.3 Å². The van der Waals surface area contributed by atoms with E-state index in [-0.39, 0.29) is 30.7 Å². The number of benzene rings is 2. The van der Waals surface area contributed by atoms with Gasteiger partial charge in [0.1, 0.15) is 12.4 Å². The van der Waals surface area contributed by atoms with Crippen LogP contribution >= 0.6 is 11.6 Å². The molecule has 0 unspecified atom stereocenters. The Morgan fingerprint density at radius 2 is 1.78 bits per heavy atom. The number of alkyl halides is 1. The lowest BCUT2D eigenvalue weighted by Crippen LogP contribution is -2.27. The number of fused-ring (bicyclic) bond motifs is 1. The van der Waals surface area contributed by atoms with E-state index in [1.807, 2.05) is 55.9 Å². The zero-order valence-corrected chi connectivity index (χ0v) is 26.6. The minimum absolute atomic E-state index is 0.228. The second kappa shape index (κ2) is 14.3. The SMILES string of the molecule is COCc1cc(C(=O)Nc2cccc(-c3cccc(NC(=O)c4nc5c(n4C)CCN(C)C5)c3Cl)c2C)ncc1CNCCF. The molecule has 0 atom stereocenters. The van der Waals surface area contributed by atoms with E-state index < -0.39 is 6.67 Å². The second-order valence-electron chi connectivity index (χ2n) is 11.1. The van der Waals surface area contributed by atoms with E-state index in [2.05, 4.69) is 30.8 Å². The number of halogens is 2. The Hall–Kier alpha value is -4.16. The molecule has 1 aliphatic heterocycles. The number of rotatable bonds is 11. The van der Waals surface area contributed by atoms with E-state index in [1.165, 1.54) is 0 Å². The van der Waals surface area contributed by atoms with Gasteiger partial charge in [0.15, 0.2) is 5.82 Å². The van der Waals surface area contributed by atoms with Gasteiger partial charge in [-0.05, 0) is 54.4 Å². The fourth-order valence-electron chi connectivity index (χ4n) is 5.51. The average molecular weight is 634 g/mol. The number of nitrogens with zero attached hydrogens (tertiary/aromatic N) is 4. The minimum Gasteiger partial charge on any atom is -0.380 e. The maximum Gasteiger partial charge on any atom is 0.291 e. The summed E-state index contributed by atoms with van der Waals surface area (Å²) in [4.78, 5) is 37.7. The summed E-state index contributed by atoms with van der Waals surface area (Å²) >= 11 is 6.88. The summed E-state index contributed by atoms with van der Waals surface area (Å²) in [6.07, 6.45) is 2.44. The Labute approximate surface area is 267 Å². The molecule has 45 heavy (non-hydrogen) atoms. The molecular weight excluding hydrogens is 597 g/mol. The van der Waals surface area contributed by atoms with Crippen LogP contribution in [0.5, 0.6) is 0 Å². The van der Waals surface area contributed by atoms with E-state index in [1.54, 1.807) is 25.4 Å².